The topological polar surface area (TPSA) is 78.7 Å². The first-order valence-electron chi connectivity index (χ1n) is 7.04. The van der Waals surface area contributed by atoms with Crippen LogP contribution in [0.4, 0.5) is 0 Å². The van der Waals surface area contributed by atoms with Gasteiger partial charge in [-0.3, -0.25) is 14.5 Å². The van der Waals surface area contributed by atoms with Gasteiger partial charge in [-0.05, 0) is 19.9 Å². The number of hydrogen-bond acceptors (Lipinski definition) is 4. The van der Waals surface area contributed by atoms with Gasteiger partial charge in [0.25, 0.3) is 0 Å². The molecule has 1 rings (SSSR count). The third kappa shape index (κ3) is 6.02. The number of nitrogens with one attached hydrogen (secondary N) is 1. The highest BCUT2D eigenvalue weighted by Crippen LogP contribution is 2.06. The molecule has 1 heterocycles. The Morgan fingerprint density at radius 1 is 1.26 bits per heavy atom. The van der Waals surface area contributed by atoms with Crippen molar-refractivity contribution in [3.63, 3.8) is 0 Å². The van der Waals surface area contributed by atoms with Crippen LogP contribution in [0, 0.1) is 0 Å². The third-order valence-electron chi connectivity index (χ3n) is 3.35. The Bertz CT molecular complexity index is 309. The van der Waals surface area contributed by atoms with E-state index in [1.165, 1.54) is 0 Å². The summed E-state index contributed by atoms with van der Waals surface area (Å²) in [6.07, 6.45) is 1.43. The first kappa shape index (κ1) is 15.9. The van der Waals surface area contributed by atoms with Gasteiger partial charge in [0.1, 0.15) is 0 Å². The zero-order chi connectivity index (χ0) is 14.3. The van der Waals surface area contributed by atoms with E-state index in [0.717, 1.165) is 32.6 Å². The molecule has 3 N–H and O–H groups in total. The molecule has 0 bridgehead atoms. The van der Waals surface area contributed by atoms with Crippen LogP contribution in [0.2, 0.25) is 0 Å². The van der Waals surface area contributed by atoms with Gasteiger partial charge in [0, 0.05) is 38.6 Å². The first-order valence-corrected chi connectivity index (χ1v) is 7.04. The van der Waals surface area contributed by atoms with Crippen molar-refractivity contribution < 1.29 is 9.59 Å². The number of carbonyl (C=O) groups excluding carboxylic acids is 2. The van der Waals surface area contributed by atoms with E-state index in [1.54, 1.807) is 0 Å². The molecule has 0 aromatic carbocycles. The molecule has 19 heavy (non-hydrogen) atoms. The minimum Gasteiger partial charge on any atom is -0.369 e. The summed E-state index contributed by atoms with van der Waals surface area (Å²) in [5.74, 6) is -0.116. The van der Waals surface area contributed by atoms with Gasteiger partial charge in [0.05, 0.1) is 6.54 Å². The zero-order valence-electron chi connectivity index (χ0n) is 12.0. The molecular weight excluding hydrogens is 244 g/mol. The number of rotatable bonds is 6. The maximum absolute atomic E-state index is 12.1. The molecule has 6 nitrogen and oxygen atoms in total. The average Bonchev–Trinajstić information content (AvgIpc) is 2.54. The van der Waals surface area contributed by atoms with Gasteiger partial charge in [-0.15, -0.1) is 0 Å². The van der Waals surface area contributed by atoms with Gasteiger partial charge in [-0.2, -0.15) is 0 Å². The molecule has 110 valence electrons. The van der Waals surface area contributed by atoms with Crippen molar-refractivity contribution in [3.05, 3.63) is 0 Å². The smallest absolute Gasteiger partial charge is 0.231 e. The van der Waals surface area contributed by atoms with E-state index in [1.807, 2.05) is 23.6 Å². The standard InChI is InChI=1S/C13H26N4O2/c1-3-15-11(2)9-13(19)17-6-4-5-16(7-8-17)10-12(14)18/h11,15H,3-10H2,1-2H3,(H2,14,18). The molecule has 1 saturated heterocycles. The molecular formula is C13H26N4O2. The van der Waals surface area contributed by atoms with Crippen molar-refractivity contribution in [1.29, 1.82) is 0 Å². The van der Waals surface area contributed by atoms with Crippen LogP contribution >= 0.6 is 0 Å². The van der Waals surface area contributed by atoms with Gasteiger partial charge in [0.2, 0.25) is 11.8 Å². The lowest BCUT2D eigenvalue weighted by Gasteiger charge is -2.23. The van der Waals surface area contributed by atoms with E-state index in [9.17, 15) is 9.59 Å². The minimum absolute atomic E-state index is 0.189. The second kappa shape index (κ2) is 8.12. The fourth-order valence-corrected chi connectivity index (χ4v) is 2.41. The highest BCUT2D eigenvalue weighted by Gasteiger charge is 2.20. The summed E-state index contributed by atoms with van der Waals surface area (Å²) in [6.45, 7) is 8.24. The lowest BCUT2D eigenvalue weighted by molar-refractivity contribution is -0.131. The van der Waals surface area contributed by atoms with E-state index in [4.69, 9.17) is 5.73 Å². The summed E-state index contributed by atoms with van der Waals surface area (Å²) in [6, 6.07) is 0.211. The number of nitrogens with two attached hydrogens (primary N) is 1. The van der Waals surface area contributed by atoms with Gasteiger partial charge < -0.3 is 16.0 Å². The Balaban J connectivity index is 2.39. The zero-order valence-corrected chi connectivity index (χ0v) is 12.0. The quantitative estimate of drug-likeness (QED) is 0.675. The van der Waals surface area contributed by atoms with Crippen LogP contribution in [0.1, 0.15) is 26.7 Å². The maximum atomic E-state index is 12.1. The largest absolute Gasteiger partial charge is 0.369 e. The highest BCUT2D eigenvalue weighted by molar-refractivity contribution is 5.77. The van der Waals surface area contributed by atoms with E-state index >= 15 is 0 Å². The molecule has 0 saturated carbocycles. The Labute approximate surface area is 115 Å². The van der Waals surface area contributed by atoms with Crippen molar-refractivity contribution in [1.82, 2.24) is 15.1 Å². The fourth-order valence-electron chi connectivity index (χ4n) is 2.41. The predicted molar refractivity (Wildman–Crippen MR) is 74.6 cm³/mol. The second-order valence-electron chi connectivity index (χ2n) is 5.14. The van der Waals surface area contributed by atoms with Gasteiger partial charge in [0.15, 0.2) is 0 Å². The van der Waals surface area contributed by atoms with Crippen LogP contribution < -0.4 is 11.1 Å². The number of hydrogen-bond donors (Lipinski definition) is 2. The van der Waals surface area contributed by atoms with Crippen LogP contribution in [0.3, 0.4) is 0 Å². The van der Waals surface area contributed by atoms with E-state index in [2.05, 4.69) is 5.32 Å². The average molecular weight is 270 g/mol. The summed E-state index contributed by atoms with van der Waals surface area (Å²) < 4.78 is 0. The van der Waals surface area contributed by atoms with Crippen LogP contribution in [-0.2, 0) is 9.59 Å². The molecule has 1 unspecified atom stereocenters. The van der Waals surface area contributed by atoms with Gasteiger partial charge in [-0.25, -0.2) is 0 Å². The Hall–Kier alpha value is -1.14. The van der Waals surface area contributed by atoms with Crippen molar-refractivity contribution >= 4 is 11.8 Å². The summed E-state index contributed by atoms with van der Waals surface area (Å²) in [5.41, 5.74) is 5.20. The summed E-state index contributed by atoms with van der Waals surface area (Å²) >= 11 is 0. The van der Waals surface area contributed by atoms with Crippen molar-refractivity contribution in [3.8, 4) is 0 Å². The molecule has 1 fully saturated rings. The lowest BCUT2D eigenvalue weighted by Crippen LogP contribution is -2.40. The molecule has 0 radical (unpaired) electrons. The Morgan fingerprint density at radius 3 is 2.63 bits per heavy atom. The summed E-state index contributed by atoms with van der Waals surface area (Å²) in [5, 5.41) is 3.25. The van der Waals surface area contributed by atoms with Crippen LogP contribution in [-0.4, -0.2) is 66.9 Å². The van der Waals surface area contributed by atoms with E-state index in [-0.39, 0.29) is 24.4 Å². The molecule has 0 aromatic heterocycles. The molecule has 0 aliphatic carbocycles. The number of carbonyl (C=O) groups is 2. The lowest BCUT2D eigenvalue weighted by atomic mass is 10.2. The molecule has 0 aromatic rings. The number of primary amides is 1. The third-order valence-corrected chi connectivity index (χ3v) is 3.35. The monoisotopic (exact) mass is 270 g/mol. The molecule has 1 aliphatic rings. The fraction of sp³-hybridized carbons (Fsp3) is 0.846. The SMILES string of the molecule is CCNC(C)CC(=O)N1CCCN(CC(N)=O)CC1. The summed E-state index contributed by atoms with van der Waals surface area (Å²) in [4.78, 5) is 27.0. The molecule has 1 aliphatic heterocycles. The molecule has 0 spiro atoms. The Morgan fingerprint density at radius 2 is 2.00 bits per heavy atom. The first-order chi connectivity index (χ1) is 9.02. The number of amides is 2. The molecule has 1 atom stereocenters. The molecule has 6 heteroatoms. The van der Waals surface area contributed by atoms with Crippen LogP contribution in [0.5, 0.6) is 0 Å². The van der Waals surface area contributed by atoms with Crippen LogP contribution in [0.25, 0.3) is 0 Å². The minimum atomic E-state index is -0.305. The highest BCUT2D eigenvalue weighted by atomic mass is 16.2. The predicted octanol–water partition coefficient (Wildman–Crippen LogP) is -0.606. The van der Waals surface area contributed by atoms with Crippen molar-refractivity contribution in [2.75, 3.05) is 39.3 Å². The van der Waals surface area contributed by atoms with Gasteiger partial charge in [-0.1, -0.05) is 6.92 Å². The van der Waals surface area contributed by atoms with E-state index in [0.29, 0.717) is 13.0 Å². The van der Waals surface area contributed by atoms with E-state index < -0.39 is 0 Å². The normalized spacial score (nSPS) is 18.9. The van der Waals surface area contributed by atoms with Crippen molar-refractivity contribution in [2.45, 2.75) is 32.7 Å². The van der Waals surface area contributed by atoms with Crippen LogP contribution in [0.15, 0.2) is 0 Å². The summed E-state index contributed by atoms with van der Waals surface area (Å²) in [7, 11) is 0. The Kier molecular flexibility index (Phi) is 6.80. The molecule has 2 amide bonds. The van der Waals surface area contributed by atoms with Crippen molar-refractivity contribution in [2.24, 2.45) is 5.73 Å². The second-order valence-corrected chi connectivity index (χ2v) is 5.14. The maximum Gasteiger partial charge on any atom is 0.231 e. The number of nitrogens with zero attached hydrogens (tertiary/aromatic N) is 2. The van der Waals surface area contributed by atoms with Gasteiger partial charge >= 0.3 is 0 Å².